The third-order valence-electron chi connectivity index (χ3n) is 4.62. The number of nitrogens with one attached hydrogen (secondary N) is 1. The van der Waals surface area contributed by atoms with E-state index in [0.29, 0.717) is 5.69 Å². The maximum absolute atomic E-state index is 11.6. The Hall–Kier alpha value is -2.50. The lowest BCUT2D eigenvalue weighted by Gasteiger charge is -2.13. The van der Waals surface area contributed by atoms with Crippen LogP contribution in [0.4, 0.5) is 5.69 Å². The molecule has 3 aromatic carbocycles. The van der Waals surface area contributed by atoms with Crippen LogP contribution in [0, 0.1) is 6.92 Å². The number of hydrogen-bond donors (Lipinski definition) is 1. The first-order valence-corrected chi connectivity index (χ1v) is 11.9. The molecule has 0 aromatic heterocycles. The maximum Gasteiger partial charge on any atom is 0.229 e. The van der Waals surface area contributed by atoms with E-state index in [1.807, 2.05) is 30.0 Å². The highest BCUT2D eigenvalue weighted by atomic mass is 32.2. The Morgan fingerprint density at radius 2 is 1.79 bits per heavy atom. The van der Waals surface area contributed by atoms with Gasteiger partial charge >= 0.3 is 0 Å². The van der Waals surface area contributed by atoms with Crippen molar-refractivity contribution >= 4 is 39.1 Å². The van der Waals surface area contributed by atoms with Crippen molar-refractivity contribution in [2.24, 2.45) is 0 Å². The molecule has 1 heterocycles. The van der Waals surface area contributed by atoms with Gasteiger partial charge in [0, 0.05) is 16.3 Å². The summed E-state index contributed by atoms with van der Waals surface area (Å²) < 4.78 is 25.7. The fourth-order valence-corrected chi connectivity index (χ4v) is 5.13. The Morgan fingerprint density at radius 1 is 0.964 bits per heavy atom. The third kappa shape index (κ3) is 4.16. The number of anilines is 1. The smallest absolute Gasteiger partial charge is 0.229 e. The summed E-state index contributed by atoms with van der Waals surface area (Å²) in [7, 11) is -3.31. The molecule has 0 fully saturated rings. The van der Waals surface area contributed by atoms with Gasteiger partial charge in [-0.2, -0.15) is 0 Å². The van der Waals surface area contributed by atoms with Crippen LogP contribution in [-0.2, 0) is 15.8 Å². The predicted octanol–water partition coefficient (Wildman–Crippen LogP) is 5.56. The van der Waals surface area contributed by atoms with Crippen LogP contribution in [0.5, 0.6) is 0 Å². The molecule has 1 aliphatic heterocycles. The molecule has 3 aromatic rings. The van der Waals surface area contributed by atoms with E-state index in [0.717, 1.165) is 23.1 Å². The molecule has 5 heteroatoms. The molecule has 1 N–H and O–H groups in total. The fourth-order valence-electron chi connectivity index (χ4n) is 3.41. The van der Waals surface area contributed by atoms with Crippen LogP contribution in [0.25, 0.3) is 11.6 Å². The van der Waals surface area contributed by atoms with Crippen LogP contribution in [0.1, 0.15) is 27.8 Å². The van der Waals surface area contributed by atoms with Gasteiger partial charge in [-0.15, -0.1) is 11.8 Å². The van der Waals surface area contributed by atoms with Gasteiger partial charge in [-0.3, -0.25) is 4.72 Å². The summed E-state index contributed by atoms with van der Waals surface area (Å²) in [5, 5.41) is 0. The van der Waals surface area contributed by atoms with Crippen molar-refractivity contribution < 1.29 is 8.42 Å². The molecule has 0 saturated heterocycles. The van der Waals surface area contributed by atoms with Crippen molar-refractivity contribution in [3.8, 4) is 0 Å². The Balaban J connectivity index is 1.88. The molecule has 0 bridgehead atoms. The monoisotopic (exact) mass is 407 g/mol. The van der Waals surface area contributed by atoms with Crippen molar-refractivity contribution in [3.05, 3.63) is 94.5 Å². The van der Waals surface area contributed by atoms with E-state index in [-0.39, 0.29) is 0 Å². The summed E-state index contributed by atoms with van der Waals surface area (Å²) in [6, 6.07) is 22.5. The molecule has 1 aliphatic rings. The molecule has 0 unspecified atom stereocenters. The van der Waals surface area contributed by atoms with Crippen LogP contribution in [0.15, 0.2) is 71.6 Å². The zero-order valence-corrected chi connectivity index (χ0v) is 17.4. The third-order valence-corrected chi connectivity index (χ3v) is 6.33. The standard InChI is InChI=1S/C23H21NO2S2/c1-16-10-11-21-22(14-17-6-5-8-19(13-17)24-28(2,25)26)20-9-4-3-7-18(20)15-27-23(21)12-16/h3-14,24H,15H2,1-2H3/b22-14+. The van der Waals surface area contributed by atoms with Crippen LogP contribution >= 0.6 is 11.8 Å². The zero-order valence-electron chi connectivity index (χ0n) is 15.8. The lowest BCUT2D eigenvalue weighted by atomic mass is 9.92. The highest BCUT2D eigenvalue weighted by molar-refractivity contribution is 7.98. The lowest BCUT2D eigenvalue weighted by molar-refractivity contribution is 0.607. The second kappa shape index (κ2) is 7.49. The molecule has 4 rings (SSSR count). The van der Waals surface area contributed by atoms with Crippen molar-refractivity contribution in [2.45, 2.75) is 17.6 Å². The minimum absolute atomic E-state index is 0.567. The summed E-state index contributed by atoms with van der Waals surface area (Å²) in [5.41, 5.74) is 7.66. The molecule has 3 nitrogen and oxygen atoms in total. The van der Waals surface area contributed by atoms with E-state index < -0.39 is 10.0 Å². The summed E-state index contributed by atoms with van der Waals surface area (Å²) in [4.78, 5) is 1.27. The SMILES string of the molecule is Cc1ccc2c(c1)SCc1ccccc1/C2=C\c1cccc(NS(C)(=O)=O)c1. The van der Waals surface area contributed by atoms with Gasteiger partial charge in [0.05, 0.1) is 6.26 Å². The summed E-state index contributed by atoms with van der Waals surface area (Å²) >= 11 is 1.86. The second-order valence-electron chi connectivity index (χ2n) is 7.00. The number of rotatable bonds is 3. The van der Waals surface area contributed by atoms with E-state index in [4.69, 9.17) is 0 Å². The van der Waals surface area contributed by atoms with Gasteiger partial charge in [-0.1, -0.05) is 48.5 Å². The van der Waals surface area contributed by atoms with E-state index >= 15 is 0 Å². The molecule has 0 radical (unpaired) electrons. The van der Waals surface area contributed by atoms with Crippen molar-refractivity contribution in [2.75, 3.05) is 11.0 Å². The summed E-state index contributed by atoms with van der Waals surface area (Å²) in [5.74, 6) is 0.930. The number of hydrogen-bond acceptors (Lipinski definition) is 3. The molecule has 142 valence electrons. The van der Waals surface area contributed by atoms with Gasteiger partial charge in [0.1, 0.15) is 0 Å². The van der Waals surface area contributed by atoms with Gasteiger partial charge in [0.25, 0.3) is 0 Å². The van der Waals surface area contributed by atoms with Gasteiger partial charge < -0.3 is 0 Å². The minimum atomic E-state index is -3.31. The molecule has 0 aliphatic carbocycles. The molecule has 0 amide bonds. The lowest BCUT2D eigenvalue weighted by Crippen LogP contribution is -2.09. The molecule has 0 spiro atoms. The summed E-state index contributed by atoms with van der Waals surface area (Å²) in [6.07, 6.45) is 3.31. The normalized spacial score (nSPS) is 14.9. The number of sulfonamides is 1. The van der Waals surface area contributed by atoms with Crippen LogP contribution in [0.3, 0.4) is 0 Å². The van der Waals surface area contributed by atoms with Gasteiger partial charge in [-0.25, -0.2) is 8.42 Å². The average molecular weight is 408 g/mol. The van der Waals surface area contributed by atoms with E-state index in [1.165, 1.54) is 27.1 Å². The van der Waals surface area contributed by atoms with Gasteiger partial charge in [0.2, 0.25) is 10.0 Å². The van der Waals surface area contributed by atoms with Crippen molar-refractivity contribution in [1.29, 1.82) is 0 Å². The quantitative estimate of drug-likeness (QED) is 0.618. The molecule has 0 atom stereocenters. The Labute approximate surface area is 170 Å². The Morgan fingerprint density at radius 3 is 2.61 bits per heavy atom. The minimum Gasteiger partial charge on any atom is -0.284 e. The first-order valence-electron chi connectivity index (χ1n) is 9.01. The molecule has 28 heavy (non-hydrogen) atoms. The first kappa shape index (κ1) is 18.8. The molecular weight excluding hydrogens is 386 g/mol. The Kier molecular flexibility index (Phi) is 5.04. The van der Waals surface area contributed by atoms with E-state index in [2.05, 4.69) is 60.2 Å². The van der Waals surface area contributed by atoms with Crippen LogP contribution < -0.4 is 4.72 Å². The van der Waals surface area contributed by atoms with Crippen LogP contribution in [0.2, 0.25) is 0 Å². The second-order valence-corrected chi connectivity index (χ2v) is 9.77. The average Bonchev–Trinajstić information content (AvgIpc) is 2.78. The summed E-state index contributed by atoms with van der Waals surface area (Å²) in [6.45, 7) is 2.11. The van der Waals surface area contributed by atoms with Gasteiger partial charge in [-0.05, 0) is 64.6 Å². The van der Waals surface area contributed by atoms with Crippen molar-refractivity contribution in [3.63, 3.8) is 0 Å². The first-order chi connectivity index (χ1) is 13.4. The van der Waals surface area contributed by atoms with Crippen molar-refractivity contribution in [1.82, 2.24) is 0 Å². The fraction of sp³-hybridized carbons (Fsp3) is 0.130. The molecular formula is C23H21NO2S2. The maximum atomic E-state index is 11.6. The highest BCUT2D eigenvalue weighted by Gasteiger charge is 2.18. The number of aryl methyl sites for hydroxylation is 1. The zero-order chi connectivity index (χ0) is 19.7. The van der Waals surface area contributed by atoms with E-state index in [1.54, 1.807) is 6.07 Å². The number of thioether (sulfide) groups is 1. The number of fused-ring (bicyclic) bond motifs is 2. The van der Waals surface area contributed by atoms with Gasteiger partial charge in [0.15, 0.2) is 0 Å². The largest absolute Gasteiger partial charge is 0.284 e. The van der Waals surface area contributed by atoms with E-state index in [9.17, 15) is 8.42 Å². The van der Waals surface area contributed by atoms with Crippen LogP contribution in [-0.4, -0.2) is 14.7 Å². The Bertz CT molecular complexity index is 1180. The predicted molar refractivity (Wildman–Crippen MR) is 119 cm³/mol. The topological polar surface area (TPSA) is 46.2 Å². The number of benzene rings is 3. The highest BCUT2D eigenvalue weighted by Crippen LogP contribution is 2.41. The molecule has 0 saturated carbocycles.